The molecule has 0 aliphatic carbocycles. The minimum Gasteiger partial charge on any atom is -0.313 e. The maximum absolute atomic E-state index is 4.74. The highest BCUT2D eigenvalue weighted by atomic mass is 79.9. The number of halogens is 1. The van der Waals surface area contributed by atoms with Crippen LogP contribution in [0.15, 0.2) is 41.0 Å². The first-order valence-electron chi connectivity index (χ1n) is 6.74. The van der Waals surface area contributed by atoms with Gasteiger partial charge in [0.05, 0.1) is 11.7 Å². The van der Waals surface area contributed by atoms with E-state index in [9.17, 15) is 0 Å². The molecule has 0 saturated carbocycles. The summed E-state index contributed by atoms with van der Waals surface area (Å²) in [6, 6.07) is 10.4. The van der Waals surface area contributed by atoms with Gasteiger partial charge in [0.2, 0.25) is 0 Å². The zero-order chi connectivity index (χ0) is 13.9. The standard InChI is InChI=1S/C15H17BrN4/c1-20-8-7-17-10-14(20)15-18-6-5-13(19-15)11-3-2-4-12(16)9-11/h2-6,9,14,17H,7-8,10H2,1H3. The number of nitrogens with zero attached hydrogens (tertiary/aromatic N) is 3. The van der Waals surface area contributed by atoms with Gasteiger partial charge in [-0.1, -0.05) is 28.1 Å². The second kappa shape index (κ2) is 5.99. The van der Waals surface area contributed by atoms with Crippen LogP contribution in [0.4, 0.5) is 0 Å². The highest BCUT2D eigenvalue weighted by Gasteiger charge is 2.23. The van der Waals surface area contributed by atoms with Gasteiger partial charge < -0.3 is 5.32 Å². The van der Waals surface area contributed by atoms with Crippen LogP contribution >= 0.6 is 15.9 Å². The highest BCUT2D eigenvalue weighted by Crippen LogP contribution is 2.23. The topological polar surface area (TPSA) is 41.0 Å². The second-order valence-electron chi connectivity index (χ2n) is 5.01. The minimum atomic E-state index is 0.246. The molecule has 1 saturated heterocycles. The molecule has 0 radical (unpaired) electrons. The van der Waals surface area contributed by atoms with Crippen LogP contribution in [0.3, 0.4) is 0 Å². The number of benzene rings is 1. The molecule has 1 fully saturated rings. The van der Waals surface area contributed by atoms with E-state index in [1.165, 1.54) is 0 Å². The summed E-state index contributed by atoms with van der Waals surface area (Å²) in [4.78, 5) is 11.5. The van der Waals surface area contributed by atoms with Crippen LogP contribution in [0.5, 0.6) is 0 Å². The Labute approximate surface area is 127 Å². The molecule has 2 heterocycles. The number of piperazine rings is 1. The number of hydrogen-bond acceptors (Lipinski definition) is 4. The normalized spacial score (nSPS) is 20.0. The Balaban J connectivity index is 1.93. The molecular formula is C15H17BrN4. The molecule has 20 heavy (non-hydrogen) atoms. The van der Waals surface area contributed by atoms with Gasteiger partial charge in [0.1, 0.15) is 5.82 Å². The van der Waals surface area contributed by atoms with E-state index in [0.29, 0.717) is 0 Å². The van der Waals surface area contributed by atoms with Crippen LogP contribution in [0.1, 0.15) is 11.9 Å². The molecule has 1 aromatic heterocycles. The van der Waals surface area contributed by atoms with Crippen molar-refractivity contribution in [2.24, 2.45) is 0 Å². The molecule has 4 nitrogen and oxygen atoms in total. The summed E-state index contributed by atoms with van der Waals surface area (Å²) in [5.74, 6) is 0.886. The summed E-state index contributed by atoms with van der Waals surface area (Å²) < 4.78 is 1.06. The van der Waals surface area contributed by atoms with Gasteiger partial charge in [-0.15, -0.1) is 0 Å². The molecule has 104 valence electrons. The average molecular weight is 333 g/mol. The average Bonchev–Trinajstić information content (AvgIpc) is 2.48. The van der Waals surface area contributed by atoms with Crippen LogP contribution in [0, 0.1) is 0 Å². The molecule has 0 amide bonds. The van der Waals surface area contributed by atoms with Gasteiger partial charge in [-0.3, -0.25) is 4.90 Å². The molecule has 0 spiro atoms. The fourth-order valence-corrected chi connectivity index (χ4v) is 2.84. The van der Waals surface area contributed by atoms with Crippen LogP contribution in [0.25, 0.3) is 11.3 Å². The lowest BCUT2D eigenvalue weighted by atomic mass is 10.1. The van der Waals surface area contributed by atoms with Crippen molar-refractivity contribution in [2.75, 3.05) is 26.7 Å². The summed E-state index contributed by atoms with van der Waals surface area (Å²) in [6.07, 6.45) is 1.85. The third kappa shape index (κ3) is 2.90. The van der Waals surface area contributed by atoms with Crippen molar-refractivity contribution in [2.45, 2.75) is 6.04 Å². The molecule has 1 aliphatic rings. The second-order valence-corrected chi connectivity index (χ2v) is 5.93. The van der Waals surface area contributed by atoms with Gasteiger partial charge in [-0.25, -0.2) is 9.97 Å². The predicted octanol–water partition coefficient (Wildman–Crippen LogP) is 2.48. The third-order valence-electron chi connectivity index (χ3n) is 3.60. The molecule has 1 aliphatic heterocycles. The van der Waals surface area contributed by atoms with Crippen LogP contribution in [-0.2, 0) is 0 Å². The van der Waals surface area contributed by atoms with Gasteiger partial charge in [-0.2, -0.15) is 0 Å². The first-order valence-corrected chi connectivity index (χ1v) is 7.53. The summed E-state index contributed by atoms with van der Waals surface area (Å²) >= 11 is 3.50. The number of hydrogen-bond donors (Lipinski definition) is 1. The molecule has 2 aromatic rings. The Morgan fingerprint density at radius 2 is 2.25 bits per heavy atom. The fourth-order valence-electron chi connectivity index (χ4n) is 2.44. The van der Waals surface area contributed by atoms with Crippen molar-refractivity contribution in [1.82, 2.24) is 20.2 Å². The van der Waals surface area contributed by atoms with Crippen LogP contribution in [-0.4, -0.2) is 41.5 Å². The van der Waals surface area contributed by atoms with E-state index in [2.05, 4.69) is 50.3 Å². The van der Waals surface area contributed by atoms with E-state index in [1.807, 2.05) is 24.4 Å². The van der Waals surface area contributed by atoms with Crippen LogP contribution in [0.2, 0.25) is 0 Å². The van der Waals surface area contributed by atoms with E-state index in [0.717, 1.165) is 41.2 Å². The monoisotopic (exact) mass is 332 g/mol. The quantitative estimate of drug-likeness (QED) is 0.917. The first-order chi connectivity index (χ1) is 9.74. The van der Waals surface area contributed by atoms with Crippen molar-refractivity contribution in [3.05, 3.63) is 46.8 Å². The van der Waals surface area contributed by atoms with Crippen molar-refractivity contribution >= 4 is 15.9 Å². The maximum atomic E-state index is 4.74. The molecule has 1 unspecified atom stereocenters. The molecule has 5 heteroatoms. The van der Waals surface area contributed by atoms with Crippen molar-refractivity contribution in [3.8, 4) is 11.3 Å². The van der Waals surface area contributed by atoms with E-state index < -0.39 is 0 Å². The first kappa shape index (κ1) is 13.7. The van der Waals surface area contributed by atoms with Crippen molar-refractivity contribution < 1.29 is 0 Å². The fraction of sp³-hybridized carbons (Fsp3) is 0.333. The summed E-state index contributed by atoms with van der Waals surface area (Å²) in [6.45, 7) is 2.95. The number of likely N-dealkylation sites (N-methyl/N-ethyl adjacent to an activating group) is 1. The lowest BCUT2D eigenvalue weighted by Gasteiger charge is -2.31. The zero-order valence-electron chi connectivity index (χ0n) is 11.4. The molecule has 0 bridgehead atoms. The molecule has 1 aromatic carbocycles. The summed E-state index contributed by atoms with van der Waals surface area (Å²) in [7, 11) is 2.13. The smallest absolute Gasteiger partial charge is 0.147 e. The molecule has 1 atom stereocenters. The lowest BCUT2D eigenvalue weighted by Crippen LogP contribution is -2.44. The van der Waals surface area contributed by atoms with Gasteiger partial charge in [0.15, 0.2) is 0 Å². The Kier molecular flexibility index (Phi) is 4.10. The number of nitrogens with one attached hydrogen (secondary N) is 1. The van der Waals surface area contributed by atoms with Gasteiger partial charge in [0, 0.05) is 35.9 Å². The summed E-state index contributed by atoms with van der Waals surface area (Å²) in [5.41, 5.74) is 2.07. The molecular weight excluding hydrogens is 316 g/mol. The highest BCUT2D eigenvalue weighted by molar-refractivity contribution is 9.10. The predicted molar refractivity (Wildman–Crippen MR) is 83.4 cm³/mol. The Morgan fingerprint density at radius 3 is 3.05 bits per heavy atom. The SMILES string of the molecule is CN1CCNCC1c1nccc(-c2cccc(Br)c2)n1. The van der Waals surface area contributed by atoms with Gasteiger partial charge >= 0.3 is 0 Å². The zero-order valence-corrected chi connectivity index (χ0v) is 13.0. The largest absolute Gasteiger partial charge is 0.313 e. The lowest BCUT2D eigenvalue weighted by molar-refractivity contribution is 0.194. The third-order valence-corrected chi connectivity index (χ3v) is 4.10. The van der Waals surface area contributed by atoms with Crippen LogP contribution < -0.4 is 5.32 Å². The van der Waals surface area contributed by atoms with E-state index in [1.54, 1.807) is 0 Å². The molecule has 3 rings (SSSR count). The Bertz CT molecular complexity index is 602. The number of aromatic nitrogens is 2. The van der Waals surface area contributed by atoms with Gasteiger partial charge in [-0.05, 0) is 25.2 Å². The number of rotatable bonds is 2. The van der Waals surface area contributed by atoms with E-state index >= 15 is 0 Å². The van der Waals surface area contributed by atoms with E-state index in [-0.39, 0.29) is 6.04 Å². The minimum absolute atomic E-state index is 0.246. The Morgan fingerprint density at radius 1 is 1.35 bits per heavy atom. The van der Waals surface area contributed by atoms with Gasteiger partial charge in [0.25, 0.3) is 0 Å². The van der Waals surface area contributed by atoms with E-state index in [4.69, 9.17) is 4.98 Å². The van der Waals surface area contributed by atoms with Crippen molar-refractivity contribution in [3.63, 3.8) is 0 Å². The Hall–Kier alpha value is -1.30. The maximum Gasteiger partial charge on any atom is 0.147 e. The summed E-state index contributed by atoms with van der Waals surface area (Å²) in [5, 5.41) is 3.40. The van der Waals surface area contributed by atoms with Crippen molar-refractivity contribution in [1.29, 1.82) is 0 Å². The molecule has 1 N–H and O–H groups in total.